The Kier molecular flexibility index (Phi) is 20.0. The van der Waals surface area contributed by atoms with Crippen LogP contribution in [-0.2, 0) is 17.1 Å². The third-order valence-electron chi connectivity index (χ3n) is 5.20. The minimum Gasteiger partial charge on any atom is -1.00 e. The summed E-state index contributed by atoms with van der Waals surface area (Å²) in [6.45, 7) is 16.2. The first-order valence-corrected chi connectivity index (χ1v) is 10.7. The van der Waals surface area contributed by atoms with E-state index in [9.17, 15) is 0 Å². The summed E-state index contributed by atoms with van der Waals surface area (Å²) < 4.78 is 0. The van der Waals surface area contributed by atoms with E-state index in [2.05, 4.69) is 74.1 Å². The maximum Gasteiger partial charge on any atom is 2.00 e. The zero-order valence-electron chi connectivity index (χ0n) is 19.5. The van der Waals surface area contributed by atoms with Gasteiger partial charge in [-0.1, -0.05) is 36.5 Å². The monoisotopic (exact) mass is 579 g/mol. The molecule has 0 aromatic heterocycles. The van der Waals surface area contributed by atoms with Crippen LogP contribution >= 0.6 is 24.4 Å². The van der Waals surface area contributed by atoms with Crippen molar-refractivity contribution in [2.75, 3.05) is 0 Å². The molecular formula is C22H34Cl2CuN6S2. The van der Waals surface area contributed by atoms with E-state index in [4.69, 9.17) is 35.9 Å². The molecule has 0 aromatic carbocycles. The molecule has 0 spiro atoms. The van der Waals surface area contributed by atoms with Crippen LogP contribution in [0.2, 0.25) is 0 Å². The van der Waals surface area contributed by atoms with E-state index < -0.39 is 0 Å². The van der Waals surface area contributed by atoms with Gasteiger partial charge in [0.25, 0.3) is 0 Å². The zero-order chi connectivity index (χ0) is 22.8. The third kappa shape index (κ3) is 13.9. The number of rotatable bonds is 4. The molecule has 0 fully saturated rings. The molecule has 2 rings (SSSR count). The van der Waals surface area contributed by atoms with Gasteiger partial charge in [-0.2, -0.15) is 10.2 Å². The second kappa shape index (κ2) is 18.2. The first-order chi connectivity index (χ1) is 14.0. The zero-order valence-corrected chi connectivity index (χ0v) is 23.6. The molecule has 0 amide bonds. The number of hydrogen-bond donors (Lipinski definition) is 4. The largest absolute Gasteiger partial charge is 2.00 e. The molecule has 33 heavy (non-hydrogen) atoms. The summed E-state index contributed by atoms with van der Waals surface area (Å²) >= 11 is 9.41. The second-order valence-corrected chi connectivity index (χ2v) is 8.69. The van der Waals surface area contributed by atoms with E-state index in [1.165, 1.54) is 22.3 Å². The summed E-state index contributed by atoms with van der Waals surface area (Å²) in [7, 11) is 0. The molecule has 2 atom stereocenters. The summed E-state index contributed by atoms with van der Waals surface area (Å²) in [6.07, 6.45) is 8.28. The Bertz CT molecular complexity index is 769. The van der Waals surface area contributed by atoms with Gasteiger partial charge in [0.2, 0.25) is 0 Å². The number of nitrogens with zero attached hydrogens (tertiary/aromatic N) is 2. The van der Waals surface area contributed by atoms with Crippen molar-refractivity contribution in [3.05, 3.63) is 47.6 Å². The van der Waals surface area contributed by atoms with Gasteiger partial charge in [0.1, 0.15) is 0 Å². The minimum atomic E-state index is 0. The Balaban J connectivity index is -0.000000500. The van der Waals surface area contributed by atoms with Gasteiger partial charge in [0.15, 0.2) is 10.2 Å². The molecule has 2 unspecified atom stereocenters. The summed E-state index contributed by atoms with van der Waals surface area (Å²) in [5.74, 6) is 0.973. The van der Waals surface area contributed by atoms with Crippen LogP contribution in [0, 0.1) is 11.8 Å². The number of nitrogens with one attached hydrogen (secondary N) is 2. The fourth-order valence-corrected chi connectivity index (χ4v) is 3.18. The van der Waals surface area contributed by atoms with Crippen molar-refractivity contribution in [3.63, 3.8) is 0 Å². The van der Waals surface area contributed by atoms with Crippen LogP contribution in [0.15, 0.2) is 57.8 Å². The third-order valence-corrected chi connectivity index (χ3v) is 5.39. The van der Waals surface area contributed by atoms with Gasteiger partial charge in [-0.25, -0.2) is 0 Å². The van der Waals surface area contributed by atoms with Gasteiger partial charge < -0.3 is 36.3 Å². The van der Waals surface area contributed by atoms with E-state index in [1.54, 1.807) is 0 Å². The van der Waals surface area contributed by atoms with Crippen LogP contribution < -0.4 is 47.1 Å². The van der Waals surface area contributed by atoms with Gasteiger partial charge >= 0.3 is 17.1 Å². The fourth-order valence-electron chi connectivity index (χ4n) is 3.09. The normalized spacial score (nSPS) is 21.3. The van der Waals surface area contributed by atoms with Gasteiger partial charge in [0.05, 0.1) is 11.4 Å². The molecule has 189 valence electrons. The molecule has 0 saturated heterocycles. The summed E-state index contributed by atoms with van der Waals surface area (Å²) in [5.41, 5.74) is 22.7. The molecule has 0 bridgehead atoms. The van der Waals surface area contributed by atoms with Gasteiger partial charge in [-0.3, -0.25) is 10.9 Å². The van der Waals surface area contributed by atoms with Crippen LogP contribution in [0.3, 0.4) is 0 Å². The van der Waals surface area contributed by atoms with Crippen LogP contribution in [0.4, 0.5) is 0 Å². The number of thiocarbonyl (C=S) groups is 2. The second-order valence-electron chi connectivity index (χ2n) is 7.81. The quantitative estimate of drug-likeness (QED) is 0.136. The molecular weight excluding hydrogens is 547 g/mol. The molecule has 0 heterocycles. The summed E-state index contributed by atoms with van der Waals surface area (Å²) in [6, 6.07) is 0. The van der Waals surface area contributed by atoms with Crippen LogP contribution in [0.5, 0.6) is 0 Å². The molecule has 0 saturated carbocycles. The molecule has 2 aliphatic rings. The van der Waals surface area contributed by atoms with Gasteiger partial charge in [-0.05, 0) is 101 Å². The molecule has 1 radical (unpaired) electrons. The predicted molar refractivity (Wildman–Crippen MR) is 137 cm³/mol. The Hall–Kier alpha value is -1.22. The molecule has 0 aliphatic heterocycles. The van der Waals surface area contributed by atoms with E-state index in [0.717, 1.165) is 37.1 Å². The number of hydrazone groups is 2. The van der Waals surface area contributed by atoms with E-state index >= 15 is 0 Å². The van der Waals surface area contributed by atoms with Gasteiger partial charge in [-0.15, -0.1) is 0 Å². The van der Waals surface area contributed by atoms with Crippen molar-refractivity contribution < 1.29 is 41.9 Å². The van der Waals surface area contributed by atoms with Crippen LogP contribution in [-0.4, -0.2) is 21.6 Å². The number of hydrogen-bond acceptors (Lipinski definition) is 4. The standard InChI is InChI=1S/2C11H17N3S.2ClH.Cu/c2*1-7(2)9-5-4-8(3)10(6-9)13-14-11(12)15;;;/h2*4,9H,1,5-6H2,2-3H3,(H3,12,14,15);2*1H;/q;;;;+2/p-2/b2*13-10+;;;. The summed E-state index contributed by atoms with van der Waals surface area (Å²) in [4.78, 5) is 0. The molecule has 2 aliphatic carbocycles. The number of halogens is 2. The van der Waals surface area contributed by atoms with E-state index in [1.807, 2.05) is 0 Å². The first-order valence-electron chi connectivity index (χ1n) is 9.90. The SMILES string of the molecule is C=C(C)C1CC=C(C)/C(=N/NC(N)=S)C1.C=C(C)C1CC=C(C)/C(=N/NC(N)=S)C1.[Cl-].[Cl-].[Cu+2]. The van der Waals surface area contributed by atoms with Crippen LogP contribution in [0.1, 0.15) is 53.4 Å². The molecule has 11 heteroatoms. The maximum atomic E-state index is 5.33. The number of allylic oxidation sites excluding steroid dienone is 6. The predicted octanol–water partition coefficient (Wildman–Crippen LogP) is -1.78. The fraction of sp³-hybridized carbons (Fsp3) is 0.455. The smallest absolute Gasteiger partial charge is 1.00 e. The average molecular weight is 581 g/mol. The maximum absolute atomic E-state index is 5.33. The van der Waals surface area contributed by atoms with E-state index in [-0.39, 0.29) is 52.1 Å². The first kappa shape index (κ1) is 36.3. The van der Waals surface area contributed by atoms with Crippen molar-refractivity contribution in [1.82, 2.24) is 10.9 Å². The topological polar surface area (TPSA) is 101 Å². The van der Waals surface area contributed by atoms with Crippen molar-refractivity contribution in [3.8, 4) is 0 Å². The summed E-state index contributed by atoms with van der Waals surface area (Å²) in [5, 5.41) is 8.78. The van der Waals surface area contributed by atoms with Gasteiger partial charge in [0, 0.05) is 0 Å². The van der Waals surface area contributed by atoms with Crippen molar-refractivity contribution in [2.24, 2.45) is 33.5 Å². The Morgan fingerprint density at radius 1 is 0.848 bits per heavy atom. The van der Waals surface area contributed by atoms with Crippen molar-refractivity contribution in [1.29, 1.82) is 0 Å². The number of nitrogens with two attached hydrogens (primary N) is 2. The van der Waals surface area contributed by atoms with E-state index in [0.29, 0.717) is 11.8 Å². The molecule has 6 nitrogen and oxygen atoms in total. The Morgan fingerprint density at radius 2 is 1.15 bits per heavy atom. The Morgan fingerprint density at radius 3 is 1.39 bits per heavy atom. The van der Waals surface area contributed by atoms with Crippen molar-refractivity contribution >= 4 is 46.1 Å². The average Bonchev–Trinajstić information content (AvgIpc) is 2.66. The Labute approximate surface area is 232 Å². The van der Waals surface area contributed by atoms with Crippen LogP contribution in [0.25, 0.3) is 0 Å². The minimum absolute atomic E-state index is 0. The molecule has 0 aromatic rings. The molecule has 6 N–H and O–H groups in total. The van der Waals surface area contributed by atoms with Crippen molar-refractivity contribution in [2.45, 2.75) is 53.4 Å².